The molecule has 1 amide bonds. The molecule has 3 aromatic rings. The Kier molecular flexibility index (Phi) is 3.81. The largest absolute Gasteiger partial charge is 0.494 e. The third-order valence-corrected chi connectivity index (χ3v) is 4.13. The Morgan fingerprint density at radius 2 is 2.18 bits per heavy atom. The minimum atomic E-state index is -0.266. The number of para-hydroxylation sites is 1. The third kappa shape index (κ3) is 2.67. The van der Waals surface area contributed by atoms with Crippen molar-refractivity contribution in [2.75, 3.05) is 12.4 Å². The molecule has 2 aromatic heterocycles. The van der Waals surface area contributed by atoms with Gasteiger partial charge in [-0.3, -0.25) is 14.8 Å². The van der Waals surface area contributed by atoms with Gasteiger partial charge >= 0.3 is 0 Å². The summed E-state index contributed by atoms with van der Waals surface area (Å²) in [5.41, 5.74) is 1.12. The first-order valence-electron chi connectivity index (χ1n) is 6.88. The van der Waals surface area contributed by atoms with Crippen LogP contribution in [0, 0.1) is 0 Å². The fourth-order valence-corrected chi connectivity index (χ4v) is 2.93. The summed E-state index contributed by atoms with van der Waals surface area (Å²) in [6, 6.07) is 7.60. The molecule has 1 N–H and O–H groups in total. The Morgan fingerprint density at radius 3 is 2.86 bits per heavy atom. The number of thiazole rings is 1. The van der Waals surface area contributed by atoms with Crippen LogP contribution >= 0.6 is 11.3 Å². The van der Waals surface area contributed by atoms with Gasteiger partial charge in [0, 0.05) is 12.2 Å². The lowest BCUT2D eigenvalue weighted by molar-refractivity contribution is 0.102. The molecule has 2 heterocycles. The molecule has 0 radical (unpaired) electrons. The van der Waals surface area contributed by atoms with Crippen molar-refractivity contribution in [2.45, 2.75) is 19.9 Å². The zero-order valence-electron chi connectivity index (χ0n) is 12.5. The van der Waals surface area contributed by atoms with Crippen molar-refractivity contribution in [3.8, 4) is 5.75 Å². The number of hydrogen-bond donors (Lipinski definition) is 1. The summed E-state index contributed by atoms with van der Waals surface area (Å²) in [6.45, 7) is 4.02. The fourth-order valence-electron chi connectivity index (χ4n) is 2.05. The first-order chi connectivity index (χ1) is 10.6. The molecular weight excluding hydrogens is 300 g/mol. The molecule has 0 atom stereocenters. The Balaban J connectivity index is 1.84. The van der Waals surface area contributed by atoms with E-state index < -0.39 is 0 Å². The summed E-state index contributed by atoms with van der Waals surface area (Å²) < 4.78 is 7.98. The van der Waals surface area contributed by atoms with Gasteiger partial charge < -0.3 is 4.74 Å². The van der Waals surface area contributed by atoms with Gasteiger partial charge in [0.15, 0.2) is 10.8 Å². The van der Waals surface area contributed by atoms with Crippen molar-refractivity contribution >= 4 is 32.6 Å². The van der Waals surface area contributed by atoms with Crippen molar-refractivity contribution in [3.63, 3.8) is 0 Å². The van der Waals surface area contributed by atoms with Gasteiger partial charge in [0.2, 0.25) is 0 Å². The first kappa shape index (κ1) is 14.5. The highest BCUT2D eigenvalue weighted by molar-refractivity contribution is 7.22. The number of benzene rings is 1. The maximum absolute atomic E-state index is 12.2. The number of hydrogen-bond acceptors (Lipinski definition) is 5. The van der Waals surface area contributed by atoms with Gasteiger partial charge in [-0.25, -0.2) is 4.98 Å². The molecule has 0 bridgehead atoms. The van der Waals surface area contributed by atoms with Crippen LogP contribution in [0.15, 0.2) is 30.5 Å². The van der Waals surface area contributed by atoms with E-state index >= 15 is 0 Å². The average molecular weight is 316 g/mol. The Morgan fingerprint density at radius 1 is 1.36 bits per heavy atom. The lowest BCUT2D eigenvalue weighted by Crippen LogP contribution is -2.13. The SMILES string of the molecule is COc1cccc2sc(NC(=O)c3ccn(C(C)C)n3)nc12. The van der Waals surface area contributed by atoms with Gasteiger partial charge in [0.1, 0.15) is 11.3 Å². The number of fused-ring (bicyclic) bond motifs is 1. The van der Waals surface area contributed by atoms with E-state index in [9.17, 15) is 4.79 Å². The molecule has 1 aromatic carbocycles. The Bertz CT molecular complexity index is 822. The van der Waals surface area contributed by atoms with E-state index in [2.05, 4.69) is 15.4 Å². The van der Waals surface area contributed by atoms with Gasteiger partial charge in [0.05, 0.1) is 11.8 Å². The Hall–Kier alpha value is -2.41. The predicted molar refractivity (Wildman–Crippen MR) is 86.7 cm³/mol. The van der Waals surface area contributed by atoms with Gasteiger partial charge in [0.25, 0.3) is 5.91 Å². The van der Waals surface area contributed by atoms with Crippen LogP contribution in [-0.4, -0.2) is 27.8 Å². The number of ether oxygens (including phenoxy) is 1. The third-order valence-electron chi connectivity index (χ3n) is 3.19. The van der Waals surface area contributed by atoms with E-state index in [-0.39, 0.29) is 11.9 Å². The van der Waals surface area contributed by atoms with Crippen LogP contribution < -0.4 is 10.1 Å². The molecule has 7 heteroatoms. The van der Waals surface area contributed by atoms with Gasteiger partial charge in [-0.1, -0.05) is 17.4 Å². The number of anilines is 1. The molecule has 0 unspecified atom stereocenters. The summed E-state index contributed by atoms with van der Waals surface area (Å²) in [6.07, 6.45) is 1.79. The van der Waals surface area contributed by atoms with Crippen molar-refractivity contribution in [1.29, 1.82) is 0 Å². The van der Waals surface area contributed by atoms with Crippen LogP contribution in [0.25, 0.3) is 10.2 Å². The molecule has 6 nitrogen and oxygen atoms in total. The Labute approximate surface area is 131 Å². The standard InChI is InChI=1S/C15H16N4O2S/c1-9(2)19-8-7-10(18-19)14(20)17-15-16-13-11(21-3)5-4-6-12(13)22-15/h4-9H,1-3H3,(H,16,17,20). The summed E-state index contributed by atoms with van der Waals surface area (Å²) in [7, 11) is 1.60. The van der Waals surface area contributed by atoms with Crippen LogP contribution in [0.3, 0.4) is 0 Å². The lowest BCUT2D eigenvalue weighted by atomic mass is 10.3. The van der Waals surface area contributed by atoms with Gasteiger partial charge in [-0.15, -0.1) is 0 Å². The highest BCUT2D eigenvalue weighted by Crippen LogP contribution is 2.32. The highest BCUT2D eigenvalue weighted by atomic mass is 32.1. The molecule has 114 valence electrons. The molecule has 0 fully saturated rings. The van der Waals surface area contributed by atoms with Crippen LogP contribution in [-0.2, 0) is 0 Å². The molecule has 3 rings (SSSR count). The van der Waals surface area contributed by atoms with E-state index in [1.165, 1.54) is 11.3 Å². The summed E-state index contributed by atoms with van der Waals surface area (Å²) in [5, 5.41) is 7.57. The number of carbonyl (C=O) groups is 1. The summed E-state index contributed by atoms with van der Waals surface area (Å²) >= 11 is 1.41. The molecule has 0 saturated heterocycles. The van der Waals surface area contributed by atoms with Gasteiger partial charge in [-0.2, -0.15) is 5.10 Å². The smallest absolute Gasteiger partial charge is 0.277 e. The lowest BCUT2D eigenvalue weighted by Gasteiger charge is -2.03. The zero-order chi connectivity index (χ0) is 15.7. The highest BCUT2D eigenvalue weighted by Gasteiger charge is 2.14. The number of aromatic nitrogens is 3. The monoisotopic (exact) mass is 316 g/mol. The first-order valence-corrected chi connectivity index (χ1v) is 7.70. The van der Waals surface area contributed by atoms with E-state index in [1.54, 1.807) is 24.1 Å². The second-order valence-electron chi connectivity index (χ2n) is 5.05. The maximum atomic E-state index is 12.2. The normalized spacial score (nSPS) is 11.1. The maximum Gasteiger partial charge on any atom is 0.277 e. The van der Waals surface area contributed by atoms with E-state index in [0.29, 0.717) is 16.6 Å². The number of methoxy groups -OCH3 is 1. The van der Waals surface area contributed by atoms with Crippen LogP contribution in [0.5, 0.6) is 5.75 Å². The van der Waals surface area contributed by atoms with Crippen molar-refractivity contribution in [3.05, 3.63) is 36.2 Å². The van der Waals surface area contributed by atoms with Crippen molar-refractivity contribution < 1.29 is 9.53 Å². The fraction of sp³-hybridized carbons (Fsp3) is 0.267. The topological polar surface area (TPSA) is 69.0 Å². The molecule has 0 aliphatic rings. The van der Waals surface area contributed by atoms with E-state index in [4.69, 9.17) is 4.74 Å². The number of nitrogens with zero attached hydrogens (tertiary/aromatic N) is 3. The van der Waals surface area contributed by atoms with Crippen LogP contribution in [0.4, 0.5) is 5.13 Å². The average Bonchev–Trinajstić information content (AvgIpc) is 3.13. The quantitative estimate of drug-likeness (QED) is 0.801. The minimum absolute atomic E-state index is 0.216. The van der Waals surface area contributed by atoms with Crippen molar-refractivity contribution in [2.24, 2.45) is 0 Å². The number of amides is 1. The summed E-state index contributed by atoms with van der Waals surface area (Å²) in [4.78, 5) is 16.6. The number of carbonyl (C=O) groups excluding carboxylic acids is 1. The second kappa shape index (κ2) is 5.76. The molecule has 22 heavy (non-hydrogen) atoms. The summed E-state index contributed by atoms with van der Waals surface area (Å²) in [5.74, 6) is 0.427. The van der Waals surface area contributed by atoms with E-state index in [1.807, 2.05) is 32.0 Å². The molecular formula is C15H16N4O2S. The number of rotatable bonds is 4. The predicted octanol–water partition coefficient (Wildman–Crippen LogP) is 3.33. The molecule has 0 saturated carbocycles. The molecule has 0 spiro atoms. The van der Waals surface area contributed by atoms with Crippen LogP contribution in [0.2, 0.25) is 0 Å². The second-order valence-corrected chi connectivity index (χ2v) is 6.09. The molecule has 0 aliphatic heterocycles. The van der Waals surface area contributed by atoms with E-state index in [0.717, 1.165) is 10.2 Å². The van der Waals surface area contributed by atoms with Crippen molar-refractivity contribution in [1.82, 2.24) is 14.8 Å². The zero-order valence-corrected chi connectivity index (χ0v) is 13.3. The van der Waals surface area contributed by atoms with Crippen LogP contribution in [0.1, 0.15) is 30.4 Å². The number of nitrogens with one attached hydrogen (secondary N) is 1. The minimum Gasteiger partial charge on any atom is -0.494 e. The molecule has 0 aliphatic carbocycles. The van der Waals surface area contributed by atoms with Gasteiger partial charge in [-0.05, 0) is 32.0 Å².